The second-order valence-corrected chi connectivity index (χ2v) is 5.54. The van der Waals surface area contributed by atoms with E-state index in [1.54, 1.807) is 30.3 Å². The maximum atomic E-state index is 14.3. The fourth-order valence-corrected chi connectivity index (χ4v) is 2.53. The van der Waals surface area contributed by atoms with E-state index in [9.17, 15) is 14.3 Å². The van der Waals surface area contributed by atoms with Crippen LogP contribution in [0.15, 0.2) is 63.6 Å². The van der Waals surface area contributed by atoms with Gasteiger partial charge < -0.3 is 9.84 Å². The Bertz CT molecular complexity index is 953. The van der Waals surface area contributed by atoms with Gasteiger partial charge in [0, 0.05) is 11.1 Å². The van der Waals surface area contributed by atoms with Crippen molar-refractivity contribution in [3.63, 3.8) is 0 Å². The predicted molar refractivity (Wildman–Crippen MR) is 100 cm³/mol. The van der Waals surface area contributed by atoms with Crippen LogP contribution in [0.2, 0.25) is 0 Å². The topological polar surface area (TPSA) is 95.6 Å². The Morgan fingerprint density at radius 2 is 1.93 bits per heavy atom. The average molecular weight is 368 g/mol. The molecule has 2 aromatic carbocycles. The Balaban J connectivity index is 1.98. The molecule has 2 aromatic rings. The second kappa shape index (κ2) is 8.33. The van der Waals surface area contributed by atoms with E-state index in [-0.39, 0.29) is 18.1 Å². The van der Waals surface area contributed by atoms with E-state index in [1.165, 1.54) is 13.2 Å². The van der Waals surface area contributed by atoms with E-state index >= 15 is 0 Å². The molecule has 3 rings (SSSR count). The number of nitrogens with zero attached hydrogens (tertiary/aromatic N) is 3. The first-order valence-electron chi connectivity index (χ1n) is 8.12. The Hall–Kier alpha value is -3.39. The first kappa shape index (κ1) is 18.4. The van der Waals surface area contributed by atoms with Crippen LogP contribution in [0.3, 0.4) is 0 Å². The van der Waals surface area contributed by atoms with Crippen molar-refractivity contribution in [3.05, 3.63) is 65.5 Å². The van der Waals surface area contributed by atoms with Crippen LogP contribution in [0.1, 0.15) is 11.1 Å². The number of hydrogen-bond donors (Lipinski definition) is 2. The minimum atomic E-state index is -0.754. The number of aliphatic imine (C=N–C) groups is 2. The van der Waals surface area contributed by atoms with E-state index in [4.69, 9.17) is 0 Å². The number of benzene rings is 2. The zero-order valence-electron chi connectivity index (χ0n) is 14.5. The molecule has 0 spiro atoms. The van der Waals surface area contributed by atoms with Crippen molar-refractivity contribution in [2.24, 2.45) is 15.1 Å². The van der Waals surface area contributed by atoms with Gasteiger partial charge in [-0.3, -0.25) is 10.4 Å². The summed E-state index contributed by atoms with van der Waals surface area (Å²) in [6.07, 6.45) is 0. The number of carbonyl (C=O) groups excluding carboxylic acids is 1. The molecule has 0 saturated heterocycles. The molecule has 0 amide bonds. The molecule has 0 saturated carbocycles. The first-order valence-corrected chi connectivity index (χ1v) is 8.12. The van der Waals surface area contributed by atoms with Crippen molar-refractivity contribution in [2.45, 2.75) is 0 Å². The van der Waals surface area contributed by atoms with Crippen LogP contribution in [0.5, 0.6) is 0 Å². The Morgan fingerprint density at radius 3 is 2.63 bits per heavy atom. The third kappa shape index (κ3) is 4.06. The fourth-order valence-electron chi connectivity index (χ4n) is 2.53. The number of rotatable bonds is 4. The van der Waals surface area contributed by atoms with E-state index in [0.29, 0.717) is 28.4 Å². The third-order valence-corrected chi connectivity index (χ3v) is 3.82. The van der Waals surface area contributed by atoms with E-state index in [0.717, 1.165) is 0 Å². The molecule has 0 atom stereocenters. The van der Waals surface area contributed by atoms with E-state index < -0.39 is 12.6 Å². The summed E-state index contributed by atoms with van der Waals surface area (Å²) in [4.78, 5) is 20.4. The number of hydrazone groups is 1. The number of para-hydroxylation sites is 1. The molecule has 138 valence electrons. The van der Waals surface area contributed by atoms with Crippen LogP contribution in [-0.4, -0.2) is 48.6 Å². The van der Waals surface area contributed by atoms with Gasteiger partial charge in [-0.15, -0.1) is 0 Å². The smallest absolute Gasteiger partial charge is 0.356 e. The van der Waals surface area contributed by atoms with Crippen molar-refractivity contribution in [1.29, 1.82) is 0 Å². The summed E-state index contributed by atoms with van der Waals surface area (Å²) in [6, 6.07) is 13.6. The normalized spacial score (nSPS) is 13.8. The van der Waals surface area contributed by atoms with Crippen molar-refractivity contribution in [2.75, 3.05) is 20.3 Å². The van der Waals surface area contributed by atoms with Crippen LogP contribution in [0.4, 0.5) is 10.1 Å². The van der Waals surface area contributed by atoms with Crippen LogP contribution < -0.4 is 5.43 Å². The van der Waals surface area contributed by atoms with Gasteiger partial charge in [-0.2, -0.15) is 5.10 Å². The zero-order valence-corrected chi connectivity index (χ0v) is 14.5. The lowest BCUT2D eigenvalue weighted by molar-refractivity contribution is -0.133. The van der Waals surface area contributed by atoms with Crippen molar-refractivity contribution in [1.82, 2.24) is 5.43 Å². The highest BCUT2D eigenvalue weighted by Crippen LogP contribution is 2.25. The number of esters is 1. The fraction of sp³-hybridized carbons (Fsp3) is 0.158. The predicted octanol–water partition coefficient (Wildman–Crippen LogP) is 1.82. The minimum absolute atomic E-state index is 0.0850. The van der Waals surface area contributed by atoms with E-state index in [1.807, 2.05) is 12.1 Å². The number of ether oxygens (including phenoxy) is 1. The van der Waals surface area contributed by atoms with E-state index in [2.05, 4.69) is 25.2 Å². The highest BCUT2D eigenvalue weighted by Gasteiger charge is 2.18. The summed E-state index contributed by atoms with van der Waals surface area (Å²) in [5, 5.41) is 13.0. The molecule has 1 heterocycles. The summed E-state index contributed by atoms with van der Waals surface area (Å²) in [5.74, 6) is -0.799. The zero-order chi connectivity index (χ0) is 19.2. The Kier molecular flexibility index (Phi) is 5.68. The molecule has 1 aliphatic rings. The van der Waals surface area contributed by atoms with Gasteiger partial charge >= 0.3 is 5.97 Å². The lowest BCUT2D eigenvalue weighted by atomic mass is 10.0. The molecule has 8 heteroatoms. The lowest BCUT2D eigenvalue weighted by Crippen LogP contribution is -2.27. The monoisotopic (exact) mass is 368 g/mol. The SMILES string of the molecule is COC(=O)/C(CO)=N\NC1=Nc2ccccc2C(c2ccccc2F)=NC1. The van der Waals surface area contributed by atoms with Gasteiger partial charge in [0.05, 0.1) is 31.7 Å². The number of halogens is 1. The van der Waals surface area contributed by atoms with Crippen LogP contribution in [0.25, 0.3) is 0 Å². The third-order valence-electron chi connectivity index (χ3n) is 3.82. The number of hydrogen-bond acceptors (Lipinski definition) is 7. The van der Waals surface area contributed by atoms with Gasteiger partial charge in [0.25, 0.3) is 0 Å². The number of nitrogens with one attached hydrogen (secondary N) is 1. The maximum absolute atomic E-state index is 14.3. The van der Waals surface area contributed by atoms with Crippen molar-refractivity contribution in [3.8, 4) is 0 Å². The number of methoxy groups -OCH3 is 1. The van der Waals surface area contributed by atoms with Gasteiger partial charge in [-0.25, -0.2) is 14.2 Å². The van der Waals surface area contributed by atoms with Crippen LogP contribution >= 0.6 is 0 Å². The molecule has 0 fully saturated rings. The Morgan fingerprint density at radius 1 is 1.22 bits per heavy atom. The number of fused-ring (bicyclic) bond motifs is 1. The van der Waals surface area contributed by atoms with Crippen LogP contribution in [-0.2, 0) is 9.53 Å². The van der Waals surface area contributed by atoms with Gasteiger partial charge in [0.1, 0.15) is 11.7 Å². The largest absolute Gasteiger partial charge is 0.464 e. The summed E-state index contributed by atoms with van der Waals surface area (Å²) in [6.45, 7) is -0.505. The van der Waals surface area contributed by atoms with Gasteiger partial charge in [-0.05, 0) is 18.2 Å². The number of amidine groups is 1. The molecule has 0 radical (unpaired) electrons. The molecule has 0 unspecified atom stereocenters. The molecule has 0 aliphatic carbocycles. The second-order valence-electron chi connectivity index (χ2n) is 5.54. The number of aliphatic hydroxyl groups is 1. The minimum Gasteiger partial charge on any atom is -0.464 e. The lowest BCUT2D eigenvalue weighted by Gasteiger charge is -2.08. The standard InChI is InChI=1S/C19H17FN4O3/c1-27-19(26)16(11-25)23-24-17-10-21-18(12-6-2-4-8-14(12)20)13-7-3-5-9-15(13)22-17/h2-9,25H,10-11H2,1H3,(H,22,24)/b23-16-. The Labute approximate surface area is 154 Å². The number of carbonyl (C=O) groups is 1. The van der Waals surface area contributed by atoms with Crippen molar-refractivity contribution >= 4 is 28.9 Å². The molecular weight excluding hydrogens is 351 g/mol. The highest BCUT2D eigenvalue weighted by molar-refractivity contribution is 6.37. The summed E-state index contributed by atoms with van der Waals surface area (Å²) in [7, 11) is 1.19. The maximum Gasteiger partial charge on any atom is 0.356 e. The summed E-state index contributed by atoms with van der Waals surface area (Å²) in [5.41, 5.74) is 4.54. The first-order chi connectivity index (χ1) is 13.1. The molecule has 0 bridgehead atoms. The van der Waals surface area contributed by atoms with Gasteiger partial charge in [0.2, 0.25) is 0 Å². The molecule has 2 N–H and O–H groups in total. The molecule has 0 aromatic heterocycles. The molecule has 1 aliphatic heterocycles. The quantitative estimate of drug-likeness (QED) is 0.489. The molecule has 27 heavy (non-hydrogen) atoms. The van der Waals surface area contributed by atoms with Gasteiger partial charge in [-0.1, -0.05) is 30.3 Å². The van der Waals surface area contributed by atoms with Crippen molar-refractivity contribution < 1.29 is 19.0 Å². The highest BCUT2D eigenvalue weighted by atomic mass is 19.1. The summed E-state index contributed by atoms with van der Waals surface area (Å²) >= 11 is 0. The van der Waals surface area contributed by atoms with Gasteiger partial charge in [0.15, 0.2) is 5.71 Å². The van der Waals surface area contributed by atoms with Crippen LogP contribution in [0, 0.1) is 5.82 Å². The number of aliphatic hydroxyl groups excluding tert-OH is 1. The molecule has 7 nitrogen and oxygen atoms in total. The summed E-state index contributed by atoms with van der Waals surface area (Å²) < 4.78 is 18.8. The average Bonchev–Trinajstić information content (AvgIpc) is 2.88. The molecular formula is C19H17FN4O3.